The van der Waals surface area contributed by atoms with Gasteiger partial charge < -0.3 is 14.4 Å². The second-order valence-electron chi connectivity index (χ2n) is 10.2. The molecule has 1 fully saturated rings. The summed E-state index contributed by atoms with van der Waals surface area (Å²) in [6.45, 7) is 3.16. The van der Waals surface area contributed by atoms with Crippen LogP contribution in [0.25, 0.3) is 0 Å². The van der Waals surface area contributed by atoms with Gasteiger partial charge in [0, 0.05) is 70.0 Å². The number of carbonyl (C=O) groups is 2. The number of piperidine rings is 1. The van der Waals surface area contributed by atoms with Crippen LogP contribution in [0.4, 0.5) is 17.6 Å². The van der Waals surface area contributed by atoms with E-state index in [1.165, 1.54) is 17.0 Å². The number of hydrogen-bond donors (Lipinski definition) is 0. The Kier molecular flexibility index (Phi) is 7.23. The van der Waals surface area contributed by atoms with Crippen molar-refractivity contribution in [2.45, 2.75) is 50.6 Å². The van der Waals surface area contributed by atoms with Gasteiger partial charge in [0.25, 0.3) is 5.91 Å². The molecule has 11 heteroatoms. The van der Waals surface area contributed by atoms with Crippen molar-refractivity contribution in [2.75, 3.05) is 33.4 Å². The SMILES string of the molecule is COCC(c1ccc(F)cc1)N1CCC2(CC1)OC(=O)C(C)=C2C(=O)N1CCc2ncc(C(F)(F)F)cc2C1. The maximum Gasteiger partial charge on any atom is 0.417 e. The molecule has 1 atom stereocenters. The van der Waals surface area contributed by atoms with E-state index in [1.54, 1.807) is 26.2 Å². The number of methoxy groups -OCH3 is 1. The van der Waals surface area contributed by atoms with E-state index in [4.69, 9.17) is 9.47 Å². The first-order valence-electron chi connectivity index (χ1n) is 12.8. The molecule has 3 aliphatic rings. The third-order valence-electron chi connectivity index (χ3n) is 7.92. The lowest BCUT2D eigenvalue weighted by Gasteiger charge is -2.43. The van der Waals surface area contributed by atoms with E-state index in [9.17, 15) is 27.2 Å². The van der Waals surface area contributed by atoms with E-state index in [-0.39, 0.29) is 36.1 Å². The minimum absolute atomic E-state index is 0.0290. The summed E-state index contributed by atoms with van der Waals surface area (Å²) in [7, 11) is 1.59. The topological polar surface area (TPSA) is 72.0 Å². The maximum absolute atomic E-state index is 13.8. The maximum atomic E-state index is 13.8. The number of likely N-dealkylation sites (tertiary alicyclic amines) is 1. The number of hydrogen-bond acceptors (Lipinski definition) is 6. The highest BCUT2D eigenvalue weighted by molar-refractivity contribution is 6.07. The average molecular weight is 548 g/mol. The number of rotatable bonds is 5. The Bertz CT molecular complexity index is 1300. The molecule has 1 amide bonds. The Balaban J connectivity index is 1.35. The van der Waals surface area contributed by atoms with E-state index >= 15 is 0 Å². The van der Waals surface area contributed by atoms with Crippen LogP contribution in [0.1, 0.15) is 48.2 Å². The molecule has 1 spiro atoms. The summed E-state index contributed by atoms with van der Waals surface area (Å²) >= 11 is 0. The fourth-order valence-corrected chi connectivity index (χ4v) is 5.82. The highest BCUT2D eigenvalue weighted by Gasteiger charge is 2.52. The molecule has 2 aromatic rings. The number of esters is 1. The van der Waals surface area contributed by atoms with Gasteiger partial charge in [-0.15, -0.1) is 0 Å². The van der Waals surface area contributed by atoms with Crippen molar-refractivity contribution in [3.63, 3.8) is 0 Å². The van der Waals surface area contributed by atoms with E-state index in [2.05, 4.69) is 9.88 Å². The highest BCUT2D eigenvalue weighted by atomic mass is 19.4. The summed E-state index contributed by atoms with van der Waals surface area (Å²) < 4.78 is 64.5. The Morgan fingerprint density at radius 2 is 1.87 bits per heavy atom. The first kappa shape index (κ1) is 27.3. The second kappa shape index (κ2) is 10.3. The van der Waals surface area contributed by atoms with E-state index < -0.39 is 29.2 Å². The lowest BCUT2D eigenvalue weighted by atomic mass is 9.81. The molecule has 0 radical (unpaired) electrons. The van der Waals surface area contributed by atoms with Crippen LogP contribution in [0.5, 0.6) is 0 Å². The van der Waals surface area contributed by atoms with Gasteiger partial charge in [-0.25, -0.2) is 9.18 Å². The third kappa shape index (κ3) is 5.17. The molecule has 0 aliphatic carbocycles. The summed E-state index contributed by atoms with van der Waals surface area (Å²) in [5, 5.41) is 0. The van der Waals surface area contributed by atoms with Gasteiger partial charge in [-0.05, 0) is 36.2 Å². The molecule has 3 aliphatic heterocycles. The molecule has 0 bridgehead atoms. The Morgan fingerprint density at radius 1 is 1.18 bits per heavy atom. The zero-order valence-electron chi connectivity index (χ0n) is 21.7. The first-order chi connectivity index (χ1) is 18.5. The number of benzene rings is 1. The zero-order chi connectivity index (χ0) is 27.9. The summed E-state index contributed by atoms with van der Waals surface area (Å²) in [4.78, 5) is 34.1. The number of aromatic nitrogens is 1. The number of nitrogens with zero attached hydrogens (tertiary/aromatic N) is 3. The third-order valence-corrected chi connectivity index (χ3v) is 7.92. The van der Waals surface area contributed by atoms with Crippen molar-refractivity contribution in [3.05, 3.63) is 75.9 Å². The predicted octanol–water partition coefficient (Wildman–Crippen LogP) is 4.22. The molecular weight excluding hydrogens is 518 g/mol. The molecule has 1 unspecified atom stereocenters. The van der Waals surface area contributed by atoms with Gasteiger partial charge in [-0.2, -0.15) is 13.2 Å². The van der Waals surface area contributed by atoms with Crippen LogP contribution in [0.15, 0.2) is 47.7 Å². The summed E-state index contributed by atoms with van der Waals surface area (Å²) in [5.74, 6) is -1.29. The van der Waals surface area contributed by atoms with Crippen molar-refractivity contribution in [1.82, 2.24) is 14.8 Å². The van der Waals surface area contributed by atoms with Gasteiger partial charge in [0.2, 0.25) is 0 Å². The van der Waals surface area contributed by atoms with E-state index in [0.29, 0.717) is 50.2 Å². The van der Waals surface area contributed by atoms with Gasteiger partial charge >= 0.3 is 12.1 Å². The molecule has 0 saturated carbocycles. The molecular formula is C28H29F4N3O4. The molecule has 5 rings (SSSR count). The number of ether oxygens (including phenoxy) is 2. The number of amides is 1. The number of pyridine rings is 1. The fourth-order valence-electron chi connectivity index (χ4n) is 5.82. The van der Waals surface area contributed by atoms with Crippen LogP contribution >= 0.6 is 0 Å². The van der Waals surface area contributed by atoms with Crippen LogP contribution in [-0.4, -0.2) is 65.6 Å². The lowest BCUT2D eigenvalue weighted by molar-refractivity contribution is -0.152. The Morgan fingerprint density at radius 3 is 2.51 bits per heavy atom. The van der Waals surface area contributed by atoms with E-state index in [0.717, 1.165) is 17.8 Å². The normalized spacial score (nSPS) is 20.3. The first-order valence-corrected chi connectivity index (χ1v) is 12.8. The minimum Gasteiger partial charge on any atom is -0.450 e. The monoisotopic (exact) mass is 547 g/mol. The minimum atomic E-state index is -4.54. The summed E-state index contributed by atoms with van der Waals surface area (Å²) in [6.07, 6.45) is -2.67. The van der Waals surface area contributed by atoms with E-state index in [1.807, 2.05) is 0 Å². The molecule has 1 saturated heterocycles. The molecule has 1 aromatic heterocycles. The van der Waals surface area contributed by atoms with Gasteiger partial charge in [-0.1, -0.05) is 12.1 Å². The molecule has 39 heavy (non-hydrogen) atoms. The van der Waals surface area contributed by atoms with Crippen LogP contribution in [-0.2, 0) is 38.2 Å². The van der Waals surface area contributed by atoms with Crippen LogP contribution in [0.3, 0.4) is 0 Å². The predicted molar refractivity (Wildman–Crippen MR) is 132 cm³/mol. The average Bonchev–Trinajstić information content (AvgIpc) is 3.15. The molecule has 7 nitrogen and oxygen atoms in total. The largest absolute Gasteiger partial charge is 0.450 e. The van der Waals surface area contributed by atoms with Gasteiger partial charge in [0.15, 0.2) is 0 Å². The van der Waals surface area contributed by atoms with Crippen LogP contribution in [0, 0.1) is 5.82 Å². The standard InChI is InChI=1S/C28H29F4N3O4/c1-17-24(25(36)35-10-7-22-19(15-35)13-20(14-33-22)28(30,31)32)27(39-26(17)37)8-11-34(12-9-27)23(16-38-2)18-3-5-21(29)6-4-18/h3-6,13-14,23H,7-12,15-16H2,1-2H3. The molecule has 4 heterocycles. The number of carbonyl (C=O) groups excluding carboxylic acids is 2. The Labute approximate surface area is 223 Å². The zero-order valence-corrected chi connectivity index (χ0v) is 21.7. The fraction of sp³-hybridized carbons (Fsp3) is 0.464. The van der Waals surface area contributed by atoms with Crippen molar-refractivity contribution in [1.29, 1.82) is 0 Å². The molecule has 1 aromatic carbocycles. The van der Waals surface area contributed by atoms with Crippen molar-refractivity contribution in [2.24, 2.45) is 0 Å². The number of fused-ring (bicyclic) bond motifs is 1. The summed E-state index contributed by atoms with van der Waals surface area (Å²) in [5.41, 5.74) is 0.305. The summed E-state index contributed by atoms with van der Waals surface area (Å²) in [6, 6.07) is 7.11. The van der Waals surface area contributed by atoms with Crippen molar-refractivity contribution >= 4 is 11.9 Å². The van der Waals surface area contributed by atoms with Crippen LogP contribution in [0.2, 0.25) is 0 Å². The van der Waals surface area contributed by atoms with Crippen LogP contribution < -0.4 is 0 Å². The van der Waals surface area contributed by atoms with Gasteiger partial charge in [0.05, 0.1) is 23.8 Å². The second-order valence-corrected chi connectivity index (χ2v) is 10.2. The van der Waals surface area contributed by atoms with Gasteiger partial charge in [0.1, 0.15) is 11.4 Å². The molecule has 208 valence electrons. The lowest BCUT2D eigenvalue weighted by Crippen LogP contribution is -2.51. The Hall–Kier alpha value is -3.31. The van der Waals surface area contributed by atoms with Crippen molar-refractivity contribution < 1.29 is 36.6 Å². The highest BCUT2D eigenvalue weighted by Crippen LogP contribution is 2.44. The smallest absolute Gasteiger partial charge is 0.417 e. The van der Waals surface area contributed by atoms with Crippen molar-refractivity contribution in [3.8, 4) is 0 Å². The number of halogens is 4. The molecule has 0 N–H and O–H groups in total. The number of alkyl halides is 3. The van der Waals surface area contributed by atoms with Gasteiger partial charge in [-0.3, -0.25) is 14.7 Å². The quantitative estimate of drug-likeness (QED) is 0.413.